The van der Waals surface area contributed by atoms with Crippen molar-refractivity contribution in [2.24, 2.45) is 0 Å². The van der Waals surface area contributed by atoms with Gasteiger partial charge in [0.15, 0.2) is 5.82 Å². The molecule has 12 heavy (non-hydrogen) atoms. The Hall–Kier alpha value is -0.520. The van der Waals surface area contributed by atoms with Crippen LogP contribution in [0.3, 0.4) is 0 Å². The molecular formula is C4H2Cl3N3O2. The molecule has 0 radical (unpaired) electrons. The van der Waals surface area contributed by atoms with E-state index in [0.717, 1.165) is 0 Å². The van der Waals surface area contributed by atoms with Gasteiger partial charge in [0.1, 0.15) is 0 Å². The molecule has 0 spiro atoms. The van der Waals surface area contributed by atoms with Gasteiger partial charge in [0, 0.05) is 0 Å². The maximum Gasteiger partial charge on any atom is 0.375 e. The summed E-state index contributed by atoms with van der Waals surface area (Å²) in [4.78, 5) is 13.7. The first-order valence-corrected chi connectivity index (χ1v) is 3.77. The number of alkyl halides is 3. The van der Waals surface area contributed by atoms with Crippen LogP contribution in [0.2, 0.25) is 0 Å². The summed E-state index contributed by atoms with van der Waals surface area (Å²) in [7, 11) is 0. The molecular weight excluding hydrogens is 228 g/mol. The van der Waals surface area contributed by atoms with Gasteiger partial charge in [-0.15, -0.1) is 5.10 Å². The molecule has 0 aromatic carbocycles. The van der Waals surface area contributed by atoms with E-state index < -0.39 is 15.6 Å². The Kier molecular flexibility index (Phi) is 2.46. The fraction of sp³-hybridized carbons (Fsp3) is 0.250. The van der Waals surface area contributed by atoms with E-state index in [1.54, 1.807) is 0 Å². The molecule has 0 bridgehead atoms. The van der Waals surface area contributed by atoms with E-state index in [1.165, 1.54) is 0 Å². The van der Waals surface area contributed by atoms with Crippen LogP contribution in [0.15, 0.2) is 0 Å². The zero-order valence-electron chi connectivity index (χ0n) is 5.38. The summed E-state index contributed by atoms with van der Waals surface area (Å²) >= 11 is 16.1. The fourth-order valence-corrected chi connectivity index (χ4v) is 0.738. The number of aromatic nitrogens is 3. The van der Waals surface area contributed by atoms with Crippen molar-refractivity contribution in [3.8, 4) is 0 Å². The highest BCUT2D eigenvalue weighted by Gasteiger charge is 2.28. The predicted octanol–water partition coefficient (Wildman–Crippen LogP) is 1.33. The predicted molar refractivity (Wildman–Crippen MR) is 42.6 cm³/mol. The number of nitrogens with zero attached hydrogens (tertiary/aromatic N) is 2. The van der Waals surface area contributed by atoms with Crippen LogP contribution in [0.5, 0.6) is 0 Å². The molecule has 1 aromatic heterocycles. The third kappa shape index (κ3) is 2.00. The third-order valence-corrected chi connectivity index (χ3v) is 1.48. The highest BCUT2D eigenvalue weighted by atomic mass is 35.6. The Balaban J connectivity index is 3.00. The first-order valence-electron chi connectivity index (χ1n) is 2.64. The molecule has 2 N–H and O–H groups in total. The van der Waals surface area contributed by atoms with Crippen LogP contribution in [0.25, 0.3) is 0 Å². The van der Waals surface area contributed by atoms with Crippen LogP contribution in [-0.2, 0) is 3.79 Å². The number of halogens is 3. The van der Waals surface area contributed by atoms with E-state index in [2.05, 4.69) is 15.2 Å². The number of carboxylic acid groups (broad SMARTS) is 1. The lowest BCUT2D eigenvalue weighted by Gasteiger charge is -2.03. The van der Waals surface area contributed by atoms with E-state index in [0.29, 0.717) is 0 Å². The molecule has 1 rings (SSSR count). The molecule has 1 aromatic rings. The summed E-state index contributed by atoms with van der Waals surface area (Å²) in [6.45, 7) is 0. The minimum Gasteiger partial charge on any atom is -0.475 e. The Morgan fingerprint density at radius 2 is 2.08 bits per heavy atom. The summed E-state index contributed by atoms with van der Waals surface area (Å²) in [5.74, 6) is -1.84. The van der Waals surface area contributed by atoms with Crippen LogP contribution in [-0.4, -0.2) is 26.3 Å². The number of carbonyl (C=O) groups is 1. The molecule has 0 saturated carbocycles. The van der Waals surface area contributed by atoms with E-state index in [-0.39, 0.29) is 5.82 Å². The maximum atomic E-state index is 10.3. The Bertz CT molecular complexity index is 305. The average Bonchev–Trinajstić information content (AvgIpc) is 2.30. The van der Waals surface area contributed by atoms with Gasteiger partial charge >= 0.3 is 5.97 Å². The lowest BCUT2D eigenvalue weighted by Crippen LogP contribution is -2.04. The molecule has 0 aliphatic carbocycles. The molecule has 0 fully saturated rings. The van der Waals surface area contributed by atoms with Gasteiger partial charge in [-0.3, -0.25) is 5.10 Å². The molecule has 0 saturated heterocycles. The van der Waals surface area contributed by atoms with Gasteiger partial charge in [0.2, 0.25) is 3.79 Å². The van der Waals surface area contributed by atoms with Gasteiger partial charge in [0.05, 0.1) is 0 Å². The number of hydrogen-bond acceptors (Lipinski definition) is 3. The van der Waals surface area contributed by atoms with Crippen LogP contribution in [0.4, 0.5) is 0 Å². The molecule has 1 heterocycles. The number of hydrogen-bond donors (Lipinski definition) is 2. The lowest BCUT2D eigenvalue weighted by atomic mass is 10.6. The van der Waals surface area contributed by atoms with Crippen LogP contribution in [0, 0.1) is 0 Å². The molecule has 0 unspecified atom stereocenters. The molecule has 0 amide bonds. The van der Waals surface area contributed by atoms with Crippen molar-refractivity contribution < 1.29 is 9.90 Å². The normalized spacial score (nSPS) is 11.6. The smallest absolute Gasteiger partial charge is 0.375 e. The first kappa shape index (κ1) is 9.57. The summed E-state index contributed by atoms with van der Waals surface area (Å²) < 4.78 is -1.78. The lowest BCUT2D eigenvalue weighted by molar-refractivity contribution is 0.0684. The van der Waals surface area contributed by atoms with E-state index >= 15 is 0 Å². The third-order valence-electron chi connectivity index (χ3n) is 0.945. The Morgan fingerprint density at radius 1 is 1.50 bits per heavy atom. The molecule has 0 aliphatic heterocycles. The fourth-order valence-electron chi connectivity index (χ4n) is 0.484. The largest absolute Gasteiger partial charge is 0.475 e. The van der Waals surface area contributed by atoms with Gasteiger partial charge in [-0.1, -0.05) is 34.8 Å². The van der Waals surface area contributed by atoms with Gasteiger partial charge < -0.3 is 5.11 Å². The number of aromatic amines is 1. The molecule has 0 aliphatic rings. The quantitative estimate of drug-likeness (QED) is 0.713. The summed E-state index contributed by atoms with van der Waals surface area (Å²) in [6.07, 6.45) is 0. The number of nitrogens with one attached hydrogen (secondary N) is 1. The highest BCUT2D eigenvalue weighted by molar-refractivity contribution is 6.66. The summed E-state index contributed by atoms with van der Waals surface area (Å²) in [5.41, 5.74) is 0. The second-order valence-corrected chi connectivity index (χ2v) is 4.09. The molecule has 8 heteroatoms. The average molecular weight is 230 g/mol. The van der Waals surface area contributed by atoms with Crippen molar-refractivity contribution in [1.29, 1.82) is 0 Å². The van der Waals surface area contributed by atoms with Crippen molar-refractivity contribution in [2.45, 2.75) is 3.79 Å². The number of H-pyrrole nitrogens is 1. The second-order valence-electron chi connectivity index (χ2n) is 1.81. The molecule has 66 valence electrons. The summed E-state index contributed by atoms with van der Waals surface area (Å²) in [5, 5.41) is 13.9. The van der Waals surface area contributed by atoms with Crippen molar-refractivity contribution in [2.75, 3.05) is 0 Å². The minimum atomic E-state index is -1.78. The van der Waals surface area contributed by atoms with Gasteiger partial charge in [0.25, 0.3) is 5.82 Å². The monoisotopic (exact) mass is 229 g/mol. The number of rotatable bonds is 1. The van der Waals surface area contributed by atoms with Crippen molar-refractivity contribution in [1.82, 2.24) is 15.2 Å². The van der Waals surface area contributed by atoms with E-state index in [9.17, 15) is 4.79 Å². The van der Waals surface area contributed by atoms with Gasteiger partial charge in [-0.25, -0.2) is 9.78 Å². The van der Waals surface area contributed by atoms with Crippen LogP contribution < -0.4 is 0 Å². The van der Waals surface area contributed by atoms with Crippen molar-refractivity contribution in [3.63, 3.8) is 0 Å². The van der Waals surface area contributed by atoms with Crippen molar-refractivity contribution >= 4 is 40.8 Å². The molecule has 5 nitrogen and oxygen atoms in total. The van der Waals surface area contributed by atoms with Crippen LogP contribution >= 0.6 is 34.8 Å². The van der Waals surface area contributed by atoms with E-state index in [1.807, 2.05) is 0 Å². The number of aromatic carboxylic acids is 1. The highest BCUT2D eigenvalue weighted by Crippen LogP contribution is 2.35. The maximum absolute atomic E-state index is 10.3. The van der Waals surface area contributed by atoms with Crippen molar-refractivity contribution in [3.05, 3.63) is 11.6 Å². The second kappa shape index (κ2) is 3.08. The SMILES string of the molecule is O=C(O)c1n[nH]c(C(Cl)(Cl)Cl)n1. The Morgan fingerprint density at radius 3 is 2.33 bits per heavy atom. The standard InChI is InChI=1S/C4H2Cl3N3O2/c5-4(6,7)3-8-1(2(11)12)9-10-3/h(H,11,12)(H,8,9,10). The van der Waals surface area contributed by atoms with Gasteiger partial charge in [-0.2, -0.15) is 0 Å². The Labute approximate surface area is 81.6 Å². The molecule has 0 atom stereocenters. The van der Waals surface area contributed by atoms with Gasteiger partial charge in [-0.05, 0) is 0 Å². The zero-order chi connectivity index (χ0) is 9.35. The van der Waals surface area contributed by atoms with E-state index in [4.69, 9.17) is 39.9 Å². The number of carboxylic acids is 1. The minimum absolute atomic E-state index is 0.120. The van der Waals surface area contributed by atoms with Crippen LogP contribution in [0.1, 0.15) is 16.4 Å². The summed E-state index contributed by atoms with van der Waals surface area (Å²) in [6, 6.07) is 0. The topological polar surface area (TPSA) is 78.9 Å². The first-order chi connectivity index (χ1) is 5.41. The zero-order valence-corrected chi connectivity index (χ0v) is 7.65.